The van der Waals surface area contributed by atoms with Crippen molar-refractivity contribution in [1.82, 2.24) is 5.32 Å². The quantitative estimate of drug-likeness (QED) is 0.888. The Bertz CT molecular complexity index is 711. The summed E-state index contributed by atoms with van der Waals surface area (Å²) >= 11 is 0. The Kier molecular flexibility index (Phi) is 5.19. The van der Waals surface area contributed by atoms with Gasteiger partial charge in [-0.05, 0) is 42.5 Å². The van der Waals surface area contributed by atoms with Gasteiger partial charge < -0.3 is 20.1 Å². The number of methoxy groups -OCH3 is 2. The zero-order valence-corrected chi connectivity index (χ0v) is 13.2. The van der Waals surface area contributed by atoms with Crippen molar-refractivity contribution in [3.05, 3.63) is 53.6 Å². The monoisotopic (exact) mass is 314 g/mol. The fraction of sp³-hybridized carbons (Fsp3) is 0.176. The van der Waals surface area contributed by atoms with Gasteiger partial charge in [-0.1, -0.05) is 0 Å². The average Bonchev–Trinajstić information content (AvgIpc) is 2.61. The lowest BCUT2D eigenvalue weighted by atomic mass is 10.1. The molecule has 0 bridgehead atoms. The van der Waals surface area contributed by atoms with Crippen LogP contribution < -0.4 is 20.1 Å². The summed E-state index contributed by atoms with van der Waals surface area (Å²) in [6, 6.07) is 11.6. The summed E-state index contributed by atoms with van der Waals surface area (Å²) in [5.74, 6) is 0.581. The van der Waals surface area contributed by atoms with E-state index in [1.165, 1.54) is 7.11 Å². The van der Waals surface area contributed by atoms with Crippen LogP contribution in [0.15, 0.2) is 42.5 Å². The van der Waals surface area contributed by atoms with E-state index in [9.17, 15) is 9.59 Å². The molecule has 0 atom stereocenters. The van der Waals surface area contributed by atoms with Gasteiger partial charge in [-0.2, -0.15) is 0 Å². The van der Waals surface area contributed by atoms with E-state index in [0.717, 1.165) is 0 Å². The number of benzene rings is 2. The highest BCUT2D eigenvalue weighted by molar-refractivity contribution is 6.05. The Hall–Kier alpha value is -3.02. The molecule has 0 saturated heterocycles. The second-order valence-electron chi connectivity index (χ2n) is 4.68. The lowest BCUT2D eigenvalue weighted by Crippen LogP contribution is -2.18. The second kappa shape index (κ2) is 7.31. The molecule has 0 aromatic heterocycles. The van der Waals surface area contributed by atoms with E-state index in [2.05, 4.69) is 10.6 Å². The fourth-order valence-electron chi connectivity index (χ4n) is 2.02. The minimum Gasteiger partial charge on any atom is -0.497 e. The van der Waals surface area contributed by atoms with Crippen LogP contribution in [0.2, 0.25) is 0 Å². The molecule has 2 aromatic rings. The summed E-state index contributed by atoms with van der Waals surface area (Å²) in [5, 5.41) is 5.30. The first-order chi connectivity index (χ1) is 11.1. The smallest absolute Gasteiger partial charge is 0.255 e. The molecule has 0 heterocycles. The van der Waals surface area contributed by atoms with Gasteiger partial charge in [0.05, 0.1) is 19.9 Å². The first kappa shape index (κ1) is 16.4. The maximum atomic E-state index is 12.3. The largest absolute Gasteiger partial charge is 0.497 e. The number of anilines is 1. The van der Waals surface area contributed by atoms with Crippen LogP contribution in [-0.2, 0) is 0 Å². The van der Waals surface area contributed by atoms with Crippen LogP contribution >= 0.6 is 0 Å². The van der Waals surface area contributed by atoms with Crippen molar-refractivity contribution in [2.75, 3.05) is 26.6 Å². The summed E-state index contributed by atoms with van der Waals surface area (Å²) in [6.07, 6.45) is 0. The van der Waals surface area contributed by atoms with Crippen molar-refractivity contribution < 1.29 is 19.1 Å². The molecule has 6 heteroatoms. The molecular formula is C17H18N2O4. The molecule has 0 aliphatic heterocycles. The van der Waals surface area contributed by atoms with Crippen molar-refractivity contribution in [2.45, 2.75) is 0 Å². The Morgan fingerprint density at radius 2 is 1.52 bits per heavy atom. The zero-order chi connectivity index (χ0) is 16.8. The molecule has 0 unspecified atom stereocenters. The van der Waals surface area contributed by atoms with E-state index in [1.807, 2.05) is 0 Å². The van der Waals surface area contributed by atoms with Gasteiger partial charge in [0.15, 0.2) is 0 Å². The predicted molar refractivity (Wildman–Crippen MR) is 87.3 cm³/mol. The molecule has 120 valence electrons. The molecular weight excluding hydrogens is 296 g/mol. The molecule has 6 nitrogen and oxygen atoms in total. The summed E-state index contributed by atoms with van der Waals surface area (Å²) < 4.78 is 10.3. The van der Waals surface area contributed by atoms with Gasteiger partial charge in [0, 0.05) is 18.2 Å². The number of hydrogen-bond donors (Lipinski definition) is 2. The minimum atomic E-state index is -0.279. The molecule has 0 spiro atoms. The van der Waals surface area contributed by atoms with Crippen LogP contribution in [-0.4, -0.2) is 33.1 Å². The normalized spacial score (nSPS) is 9.87. The van der Waals surface area contributed by atoms with Gasteiger partial charge in [0.1, 0.15) is 11.5 Å². The van der Waals surface area contributed by atoms with Crippen LogP contribution in [0.3, 0.4) is 0 Å². The maximum Gasteiger partial charge on any atom is 0.255 e. The number of carbonyl (C=O) groups excluding carboxylic acids is 2. The van der Waals surface area contributed by atoms with Crippen LogP contribution in [0, 0.1) is 0 Å². The van der Waals surface area contributed by atoms with E-state index in [0.29, 0.717) is 28.3 Å². The van der Waals surface area contributed by atoms with Crippen molar-refractivity contribution >= 4 is 17.5 Å². The molecule has 2 N–H and O–H groups in total. The number of hydrogen-bond acceptors (Lipinski definition) is 4. The highest BCUT2D eigenvalue weighted by Crippen LogP contribution is 2.26. The summed E-state index contributed by atoms with van der Waals surface area (Å²) in [6.45, 7) is 0. The predicted octanol–water partition coefficient (Wildman–Crippen LogP) is 2.32. The topological polar surface area (TPSA) is 76.7 Å². The Balaban J connectivity index is 2.21. The van der Waals surface area contributed by atoms with Gasteiger partial charge in [-0.3, -0.25) is 9.59 Å². The molecule has 0 aliphatic carbocycles. The first-order valence-corrected chi connectivity index (χ1v) is 6.94. The second-order valence-corrected chi connectivity index (χ2v) is 4.68. The highest BCUT2D eigenvalue weighted by Gasteiger charge is 2.12. The molecule has 0 fully saturated rings. The molecule has 23 heavy (non-hydrogen) atoms. The number of nitrogens with one attached hydrogen (secondary N) is 2. The molecule has 2 rings (SSSR count). The third-order valence-electron chi connectivity index (χ3n) is 3.29. The average molecular weight is 314 g/mol. The van der Waals surface area contributed by atoms with E-state index in [4.69, 9.17) is 9.47 Å². The van der Waals surface area contributed by atoms with Crippen LogP contribution in [0.4, 0.5) is 5.69 Å². The van der Waals surface area contributed by atoms with Crippen LogP contribution in [0.5, 0.6) is 11.5 Å². The lowest BCUT2D eigenvalue weighted by Gasteiger charge is -2.12. The lowest BCUT2D eigenvalue weighted by molar-refractivity contribution is 0.0962. The van der Waals surface area contributed by atoms with Gasteiger partial charge in [-0.25, -0.2) is 0 Å². The molecule has 0 aliphatic rings. The number of ether oxygens (including phenoxy) is 2. The standard InChI is InChI=1S/C17H18N2O4/c1-18-16(20)12-6-9-14(15(10-12)23-3)19-17(21)11-4-7-13(22-2)8-5-11/h4-10H,1-3H3,(H,18,20)(H,19,21). The van der Waals surface area contributed by atoms with Crippen molar-refractivity contribution in [2.24, 2.45) is 0 Å². The van der Waals surface area contributed by atoms with E-state index in [1.54, 1.807) is 56.6 Å². The summed E-state index contributed by atoms with van der Waals surface area (Å²) in [4.78, 5) is 23.9. The number of rotatable bonds is 5. The van der Waals surface area contributed by atoms with E-state index >= 15 is 0 Å². The fourth-order valence-corrected chi connectivity index (χ4v) is 2.02. The number of carbonyl (C=O) groups is 2. The molecule has 2 aromatic carbocycles. The Morgan fingerprint density at radius 1 is 0.870 bits per heavy atom. The maximum absolute atomic E-state index is 12.3. The minimum absolute atomic E-state index is 0.226. The van der Waals surface area contributed by atoms with E-state index < -0.39 is 0 Å². The zero-order valence-electron chi connectivity index (χ0n) is 13.2. The summed E-state index contributed by atoms with van der Waals surface area (Å²) in [5.41, 5.74) is 1.43. The Morgan fingerprint density at radius 3 is 2.09 bits per heavy atom. The molecule has 0 saturated carbocycles. The van der Waals surface area contributed by atoms with E-state index in [-0.39, 0.29) is 11.8 Å². The van der Waals surface area contributed by atoms with Crippen molar-refractivity contribution in [3.63, 3.8) is 0 Å². The van der Waals surface area contributed by atoms with Crippen molar-refractivity contribution in [3.8, 4) is 11.5 Å². The Labute approximate surface area is 134 Å². The number of amides is 2. The van der Waals surface area contributed by atoms with Gasteiger partial charge >= 0.3 is 0 Å². The van der Waals surface area contributed by atoms with Crippen LogP contribution in [0.1, 0.15) is 20.7 Å². The van der Waals surface area contributed by atoms with Gasteiger partial charge in [0.25, 0.3) is 11.8 Å². The van der Waals surface area contributed by atoms with Crippen molar-refractivity contribution in [1.29, 1.82) is 0 Å². The highest BCUT2D eigenvalue weighted by atomic mass is 16.5. The van der Waals surface area contributed by atoms with Crippen LogP contribution in [0.25, 0.3) is 0 Å². The SMILES string of the molecule is CNC(=O)c1ccc(NC(=O)c2ccc(OC)cc2)c(OC)c1. The summed E-state index contributed by atoms with van der Waals surface area (Å²) in [7, 11) is 4.59. The first-order valence-electron chi connectivity index (χ1n) is 6.94. The molecule has 0 radical (unpaired) electrons. The third kappa shape index (κ3) is 3.79. The third-order valence-corrected chi connectivity index (χ3v) is 3.29. The molecule has 2 amide bonds. The van der Waals surface area contributed by atoms with Gasteiger partial charge in [-0.15, -0.1) is 0 Å². The van der Waals surface area contributed by atoms with Gasteiger partial charge in [0.2, 0.25) is 0 Å².